The maximum absolute atomic E-state index is 13.3. The van der Waals surface area contributed by atoms with Crippen molar-refractivity contribution in [3.05, 3.63) is 0 Å². The van der Waals surface area contributed by atoms with Gasteiger partial charge in [0.1, 0.15) is 11.8 Å². The van der Waals surface area contributed by atoms with Crippen LogP contribution in [-0.2, 0) is 4.74 Å². The Hall–Kier alpha value is -0.320. The van der Waals surface area contributed by atoms with Crippen LogP contribution in [0.1, 0.15) is 27.2 Å². The smallest absolute Gasteiger partial charge is 0.410 e. The summed E-state index contributed by atoms with van der Waals surface area (Å²) in [4.78, 5) is 12.9. The Labute approximate surface area is 98.1 Å². The Morgan fingerprint density at radius 2 is 2.13 bits per heavy atom. The van der Waals surface area contributed by atoms with E-state index in [4.69, 9.17) is 4.74 Å². The molecule has 0 aromatic carbocycles. The van der Waals surface area contributed by atoms with Gasteiger partial charge in [-0.15, -0.1) is 0 Å². The number of rotatable bonds is 0. The van der Waals surface area contributed by atoms with Crippen LogP contribution in [0.4, 0.5) is 9.18 Å². The average molecular weight is 282 g/mol. The third-order valence-corrected chi connectivity index (χ3v) is 3.15. The lowest BCUT2D eigenvalue weighted by Crippen LogP contribution is -2.47. The number of ether oxygens (including phenoxy) is 1. The van der Waals surface area contributed by atoms with Crippen molar-refractivity contribution in [2.75, 3.05) is 13.1 Å². The lowest BCUT2D eigenvalue weighted by atomic mass is 10.1. The van der Waals surface area contributed by atoms with Crippen LogP contribution in [0, 0.1) is 0 Å². The molecule has 2 atom stereocenters. The van der Waals surface area contributed by atoms with E-state index in [2.05, 4.69) is 15.9 Å². The number of carbonyl (C=O) groups excluding carboxylic acids is 1. The molecule has 2 unspecified atom stereocenters. The quantitative estimate of drug-likeness (QED) is 0.639. The number of hydrogen-bond donors (Lipinski definition) is 0. The molecule has 88 valence electrons. The van der Waals surface area contributed by atoms with Crippen molar-refractivity contribution in [3.63, 3.8) is 0 Å². The van der Waals surface area contributed by atoms with E-state index in [0.29, 0.717) is 13.0 Å². The second kappa shape index (κ2) is 4.68. The summed E-state index contributed by atoms with van der Waals surface area (Å²) in [6, 6.07) is 0. The van der Waals surface area contributed by atoms with Gasteiger partial charge in [-0.3, -0.25) is 0 Å². The monoisotopic (exact) mass is 281 g/mol. The average Bonchev–Trinajstić information content (AvgIpc) is 2.06. The van der Waals surface area contributed by atoms with Gasteiger partial charge in [-0.25, -0.2) is 9.18 Å². The molecule has 1 amide bonds. The fourth-order valence-electron chi connectivity index (χ4n) is 1.37. The first-order valence-electron chi connectivity index (χ1n) is 5.05. The van der Waals surface area contributed by atoms with Crippen LogP contribution in [0.2, 0.25) is 0 Å². The summed E-state index contributed by atoms with van der Waals surface area (Å²) in [5.41, 5.74) is -0.520. The minimum absolute atomic E-state index is 0.116. The summed E-state index contributed by atoms with van der Waals surface area (Å²) in [6.07, 6.45) is -0.809. The molecule has 15 heavy (non-hydrogen) atoms. The van der Waals surface area contributed by atoms with Crippen molar-refractivity contribution in [2.24, 2.45) is 0 Å². The molecule has 1 aliphatic rings. The van der Waals surface area contributed by atoms with Gasteiger partial charge < -0.3 is 9.64 Å². The SMILES string of the molecule is CC(C)(C)OC(=O)N1CCC(Br)C(F)C1. The molecule has 0 bridgehead atoms. The molecule has 1 fully saturated rings. The van der Waals surface area contributed by atoms with Crippen molar-refractivity contribution in [1.82, 2.24) is 4.90 Å². The van der Waals surface area contributed by atoms with E-state index in [0.717, 1.165) is 0 Å². The normalized spacial score (nSPS) is 27.7. The van der Waals surface area contributed by atoms with E-state index >= 15 is 0 Å². The second-order valence-corrected chi connectivity index (χ2v) is 5.92. The maximum atomic E-state index is 13.3. The number of amides is 1. The molecular formula is C10H17BrFNO2. The third kappa shape index (κ3) is 3.97. The zero-order valence-corrected chi connectivity index (χ0v) is 10.9. The van der Waals surface area contributed by atoms with Crippen LogP contribution in [0.15, 0.2) is 0 Å². The maximum Gasteiger partial charge on any atom is 0.410 e. The summed E-state index contributed by atoms with van der Waals surface area (Å²) in [5, 5.41) is 0. The highest BCUT2D eigenvalue weighted by Crippen LogP contribution is 2.22. The van der Waals surface area contributed by atoms with Gasteiger partial charge in [0.15, 0.2) is 0 Å². The Morgan fingerprint density at radius 3 is 2.60 bits per heavy atom. The molecule has 0 radical (unpaired) electrons. The van der Waals surface area contributed by atoms with Gasteiger partial charge in [-0.2, -0.15) is 0 Å². The van der Waals surface area contributed by atoms with Gasteiger partial charge in [-0.1, -0.05) is 15.9 Å². The molecule has 0 aliphatic carbocycles. The first-order chi connectivity index (χ1) is 6.79. The zero-order valence-electron chi connectivity index (χ0n) is 9.30. The highest BCUT2D eigenvalue weighted by molar-refractivity contribution is 9.09. The predicted octanol–water partition coefficient (Wildman–Crippen LogP) is 2.73. The third-order valence-electron chi connectivity index (χ3n) is 2.11. The van der Waals surface area contributed by atoms with Crippen molar-refractivity contribution in [3.8, 4) is 0 Å². The Balaban J connectivity index is 2.48. The topological polar surface area (TPSA) is 29.5 Å². The fraction of sp³-hybridized carbons (Fsp3) is 0.900. The van der Waals surface area contributed by atoms with E-state index in [9.17, 15) is 9.18 Å². The van der Waals surface area contributed by atoms with Crippen molar-refractivity contribution >= 4 is 22.0 Å². The van der Waals surface area contributed by atoms with E-state index in [1.165, 1.54) is 4.90 Å². The van der Waals surface area contributed by atoms with Crippen molar-refractivity contribution in [2.45, 2.75) is 43.8 Å². The molecular weight excluding hydrogens is 265 g/mol. The van der Waals surface area contributed by atoms with Gasteiger partial charge in [0.05, 0.1) is 6.54 Å². The number of likely N-dealkylation sites (tertiary alicyclic amines) is 1. The van der Waals surface area contributed by atoms with Crippen molar-refractivity contribution in [1.29, 1.82) is 0 Å². The first-order valence-corrected chi connectivity index (χ1v) is 5.97. The number of nitrogens with zero attached hydrogens (tertiary/aromatic N) is 1. The number of piperidine rings is 1. The molecule has 3 nitrogen and oxygen atoms in total. The highest BCUT2D eigenvalue weighted by Gasteiger charge is 2.32. The number of hydrogen-bond acceptors (Lipinski definition) is 2. The zero-order chi connectivity index (χ0) is 11.6. The van der Waals surface area contributed by atoms with E-state index in [1.54, 1.807) is 20.8 Å². The fourth-order valence-corrected chi connectivity index (χ4v) is 1.74. The van der Waals surface area contributed by atoms with Crippen LogP contribution in [0.3, 0.4) is 0 Å². The van der Waals surface area contributed by atoms with E-state index < -0.39 is 17.9 Å². The minimum atomic E-state index is -1.01. The summed E-state index contributed by atoms with van der Waals surface area (Å²) in [7, 11) is 0. The molecule has 0 aromatic rings. The van der Waals surface area contributed by atoms with Crippen LogP contribution in [0.25, 0.3) is 0 Å². The van der Waals surface area contributed by atoms with Gasteiger partial charge in [0.2, 0.25) is 0 Å². The van der Waals surface area contributed by atoms with E-state index in [1.807, 2.05) is 0 Å². The van der Waals surface area contributed by atoms with Crippen molar-refractivity contribution < 1.29 is 13.9 Å². The molecule has 1 heterocycles. The summed E-state index contributed by atoms with van der Waals surface area (Å²) in [6.45, 7) is 6.06. The predicted molar refractivity (Wildman–Crippen MR) is 60.0 cm³/mol. The Bertz CT molecular complexity index is 242. The van der Waals surface area contributed by atoms with Crippen LogP contribution in [-0.4, -0.2) is 40.7 Å². The number of halogens is 2. The van der Waals surface area contributed by atoms with E-state index in [-0.39, 0.29) is 11.4 Å². The minimum Gasteiger partial charge on any atom is -0.444 e. The lowest BCUT2D eigenvalue weighted by Gasteiger charge is -2.33. The first kappa shape index (κ1) is 12.7. The Kier molecular flexibility index (Phi) is 3.98. The van der Waals surface area contributed by atoms with Gasteiger partial charge in [-0.05, 0) is 27.2 Å². The molecule has 5 heteroatoms. The molecule has 0 N–H and O–H groups in total. The molecule has 1 rings (SSSR count). The van der Waals surface area contributed by atoms with Crippen LogP contribution >= 0.6 is 15.9 Å². The molecule has 0 spiro atoms. The Morgan fingerprint density at radius 1 is 1.53 bits per heavy atom. The molecule has 0 saturated carbocycles. The molecule has 1 saturated heterocycles. The summed E-state index contributed by atoms with van der Waals surface area (Å²) in [5.74, 6) is 0. The number of carbonyl (C=O) groups is 1. The number of alkyl halides is 2. The second-order valence-electron chi connectivity index (χ2n) is 4.75. The molecule has 1 aliphatic heterocycles. The largest absolute Gasteiger partial charge is 0.444 e. The van der Waals surface area contributed by atoms with Gasteiger partial charge in [0.25, 0.3) is 0 Å². The summed E-state index contributed by atoms with van der Waals surface area (Å²) < 4.78 is 18.5. The van der Waals surface area contributed by atoms with Gasteiger partial charge >= 0.3 is 6.09 Å². The van der Waals surface area contributed by atoms with Crippen LogP contribution in [0.5, 0.6) is 0 Å². The van der Waals surface area contributed by atoms with Crippen LogP contribution < -0.4 is 0 Å². The lowest BCUT2D eigenvalue weighted by molar-refractivity contribution is 0.0149. The highest BCUT2D eigenvalue weighted by atomic mass is 79.9. The molecule has 0 aromatic heterocycles. The van der Waals surface area contributed by atoms with Gasteiger partial charge in [0, 0.05) is 11.4 Å². The standard InChI is InChI=1S/C10H17BrFNO2/c1-10(2,3)15-9(14)13-5-4-7(11)8(12)6-13/h7-8H,4-6H2,1-3H3. The summed E-state index contributed by atoms with van der Waals surface area (Å²) >= 11 is 3.24.